The first kappa shape index (κ1) is 17.8. The Morgan fingerprint density at radius 1 is 1.04 bits per heavy atom. The monoisotopic (exact) mass is 376 g/mol. The van der Waals surface area contributed by atoms with Gasteiger partial charge in [-0.1, -0.05) is 44.1 Å². The van der Waals surface area contributed by atoms with Crippen molar-refractivity contribution in [3.63, 3.8) is 0 Å². The molecule has 7 nitrogen and oxygen atoms in total. The lowest BCUT2D eigenvalue weighted by molar-refractivity contribution is -0.123. The molecule has 0 aliphatic carbocycles. The molecule has 0 unspecified atom stereocenters. The van der Waals surface area contributed by atoms with Gasteiger partial charge in [0.1, 0.15) is 5.71 Å². The fraction of sp³-hybridized carbons (Fsp3) is 0.190. The summed E-state index contributed by atoms with van der Waals surface area (Å²) < 4.78 is 0. The number of hydrogen-bond acceptors (Lipinski definition) is 5. The molecule has 0 fully saturated rings. The minimum Gasteiger partial charge on any atom is -0.410 e. The Morgan fingerprint density at radius 2 is 1.75 bits per heavy atom. The van der Waals surface area contributed by atoms with Crippen LogP contribution in [0, 0.1) is 5.41 Å². The van der Waals surface area contributed by atoms with Gasteiger partial charge in [0.25, 0.3) is 5.91 Å². The molecule has 2 aliphatic heterocycles. The molecule has 142 valence electrons. The number of hydrogen-bond donors (Lipinski definition) is 4. The van der Waals surface area contributed by atoms with Crippen molar-refractivity contribution < 1.29 is 14.8 Å². The molecular formula is C21H20N4O3. The SMILES string of the molecule is CC(C)(C)C(=O)Nc1ccc2c(c1)/C(=C1/Nc3ccccc3/C1=N/O)C(=O)N2. The number of amides is 2. The minimum atomic E-state index is -0.542. The number of rotatable bonds is 1. The minimum absolute atomic E-state index is 0.122. The van der Waals surface area contributed by atoms with Crippen LogP contribution in [0.3, 0.4) is 0 Å². The van der Waals surface area contributed by atoms with Gasteiger partial charge in [0.2, 0.25) is 5.91 Å². The number of nitrogens with zero attached hydrogens (tertiary/aromatic N) is 1. The van der Waals surface area contributed by atoms with Gasteiger partial charge in [-0.2, -0.15) is 0 Å². The normalized spacial score (nSPS) is 19.1. The third-order valence-electron chi connectivity index (χ3n) is 4.73. The van der Waals surface area contributed by atoms with Crippen molar-refractivity contribution in [1.82, 2.24) is 0 Å². The lowest BCUT2D eigenvalue weighted by atomic mass is 9.95. The standard InChI is InChI=1S/C21H20N4O3/c1-21(2,3)20(27)22-11-8-9-15-13(10-11)16(19(26)24-15)18-17(25-28)12-6-4-5-7-14(12)23-18/h4-10,23,28H,1-3H3,(H,22,27)(H,24,26)/b18-16-,25-17-. The van der Waals surface area contributed by atoms with E-state index >= 15 is 0 Å². The highest BCUT2D eigenvalue weighted by Gasteiger charge is 2.34. The maximum atomic E-state index is 12.7. The molecule has 2 aromatic carbocycles. The fourth-order valence-corrected chi connectivity index (χ4v) is 3.22. The van der Waals surface area contributed by atoms with Crippen LogP contribution in [-0.4, -0.2) is 22.7 Å². The van der Waals surface area contributed by atoms with Gasteiger partial charge >= 0.3 is 0 Å². The van der Waals surface area contributed by atoms with Crippen LogP contribution >= 0.6 is 0 Å². The number of anilines is 3. The van der Waals surface area contributed by atoms with Gasteiger partial charge in [-0.3, -0.25) is 9.59 Å². The van der Waals surface area contributed by atoms with E-state index in [4.69, 9.17) is 0 Å². The second-order valence-electron chi connectivity index (χ2n) is 7.79. The molecule has 0 radical (unpaired) electrons. The summed E-state index contributed by atoms with van der Waals surface area (Å²) in [5.74, 6) is -0.423. The van der Waals surface area contributed by atoms with Crippen LogP contribution in [-0.2, 0) is 9.59 Å². The molecular weight excluding hydrogens is 356 g/mol. The number of oxime groups is 1. The van der Waals surface area contributed by atoms with Crippen LogP contribution < -0.4 is 16.0 Å². The molecule has 2 aromatic rings. The number of carbonyl (C=O) groups is 2. The third-order valence-corrected chi connectivity index (χ3v) is 4.73. The molecule has 2 amide bonds. The molecule has 4 rings (SSSR count). The summed E-state index contributed by atoms with van der Waals surface area (Å²) in [7, 11) is 0. The van der Waals surface area contributed by atoms with E-state index in [0.717, 1.165) is 5.69 Å². The maximum Gasteiger partial charge on any atom is 0.258 e. The van der Waals surface area contributed by atoms with E-state index in [1.807, 2.05) is 45.0 Å². The summed E-state index contributed by atoms with van der Waals surface area (Å²) in [4.78, 5) is 25.0. The molecule has 28 heavy (non-hydrogen) atoms. The summed E-state index contributed by atoms with van der Waals surface area (Å²) in [5.41, 5.74) is 3.89. The van der Waals surface area contributed by atoms with Crippen molar-refractivity contribution in [3.05, 3.63) is 59.3 Å². The van der Waals surface area contributed by atoms with Crippen molar-refractivity contribution in [2.75, 3.05) is 16.0 Å². The summed E-state index contributed by atoms with van der Waals surface area (Å²) in [6.45, 7) is 5.49. The topological polar surface area (TPSA) is 103 Å². The predicted octanol–water partition coefficient (Wildman–Crippen LogP) is 3.64. The second kappa shape index (κ2) is 6.23. The second-order valence-corrected chi connectivity index (χ2v) is 7.79. The highest BCUT2D eigenvalue weighted by Crippen LogP contribution is 2.40. The van der Waals surface area contributed by atoms with Crippen LogP contribution in [0.2, 0.25) is 0 Å². The maximum absolute atomic E-state index is 12.7. The van der Waals surface area contributed by atoms with Crippen molar-refractivity contribution in [2.45, 2.75) is 20.8 Å². The van der Waals surface area contributed by atoms with Crippen molar-refractivity contribution >= 4 is 40.2 Å². The van der Waals surface area contributed by atoms with Crippen LogP contribution in [0.1, 0.15) is 31.9 Å². The molecule has 7 heteroatoms. The lowest BCUT2D eigenvalue weighted by Crippen LogP contribution is -2.27. The summed E-state index contributed by atoms with van der Waals surface area (Å²) in [6, 6.07) is 12.6. The van der Waals surface area contributed by atoms with E-state index in [-0.39, 0.29) is 11.8 Å². The molecule has 0 bridgehead atoms. The first-order valence-corrected chi connectivity index (χ1v) is 8.90. The molecule has 2 aliphatic rings. The van der Waals surface area contributed by atoms with Crippen molar-refractivity contribution in [1.29, 1.82) is 0 Å². The summed E-state index contributed by atoms with van der Waals surface area (Å²) >= 11 is 0. The Balaban J connectivity index is 1.80. The Hall–Kier alpha value is -3.61. The predicted molar refractivity (Wildman–Crippen MR) is 108 cm³/mol. The largest absolute Gasteiger partial charge is 0.410 e. The number of nitrogens with one attached hydrogen (secondary N) is 3. The molecule has 0 aromatic heterocycles. The number of carbonyl (C=O) groups excluding carboxylic acids is 2. The van der Waals surface area contributed by atoms with Gasteiger partial charge in [-0.05, 0) is 24.3 Å². The lowest BCUT2D eigenvalue weighted by Gasteiger charge is -2.18. The first-order chi connectivity index (χ1) is 13.3. The van der Waals surface area contributed by atoms with Crippen LogP contribution in [0.4, 0.5) is 17.1 Å². The summed E-state index contributed by atoms with van der Waals surface area (Å²) in [6.07, 6.45) is 0. The van der Waals surface area contributed by atoms with Gasteiger partial charge in [0.05, 0.1) is 11.3 Å². The Kier molecular flexibility index (Phi) is 3.96. The van der Waals surface area contributed by atoms with E-state index in [1.54, 1.807) is 18.2 Å². The molecule has 4 N–H and O–H groups in total. The Bertz CT molecular complexity index is 1080. The van der Waals surface area contributed by atoms with Crippen LogP contribution in [0.15, 0.2) is 53.3 Å². The van der Waals surface area contributed by atoms with E-state index < -0.39 is 5.41 Å². The zero-order valence-electron chi connectivity index (χ0n) is 15.8. The van der Waals surface area contributed by atoms with Crippen LogP contribution in [0.25, 0.3) is 5.57 Å². The van der Waals surface area contributed by atoms with E-state index in [2.05, 4.69) is 21.1 Å². The van der Waals surface area contributed by atoms with Gasteiger partial charge in [0.15, 0.2) is 0 Å². The smallest absolute Gasteiger partial charge is 0.258 e. The third kappa shape index (κ3) is 2.81. The van der Waals surface area contributed by atoms with E-state index in [0.29, 0.717) is 39.5 Å². The molecule has 0 spiro atoms. The van der Waals surface area contributed by atoms with Gasteiger partial charge in [0, 0.05) is 33.6 Å². The van der Waals surface area contributed by atoms with Crippen LogP contribution in [0.5, 0.6) is 0 Å². The molecule has 0 saturated carbocycles. The molecule has 2 heterocycles. The average molecular weight is 376 g/mol. The number of para-hydroxylation sites is 1. The first-order valence-electron chi connectivity index (χ1n) is 8.90. The zero-order chi connectivity index (χ0) is 20.1. The fourth-order valence-electron chi connectivity index (χ4n) is 3.22. The summed E-state index contributed by atoms with van der Waals surface area (Å²) in [5, 5.41) is 21.9. The van der Waals surface area contributed by atoms with Crippen molar-refractivity contribution in [2.24, 2.45) is 10.6 Å². The van der Waals surface area contributed by atoms with Gasteiger partial charge in [-0.15, -0.1) is 0 Å². The average Bonchev–Trinajstić information content (AvgIpc) is 3.16. The van der Waals surface area contributed by atoms with E-state index in [1.165, 1.54) is 0 Å². The van der Waals surface area contributed by atoms with Gasteiger partial charge < -0.3 is 21.2 Å². The zero-order valence-corrected chi connectivity index (χ0v) is 15.8. The quantitative estimate of drug-likeness (QED) is 0.347. The number of fused-ring (bicyclic) bond motifs is 2. The Morgan fingerprint density at radius 3 is 2.46 bits per heavy atom. The van der Waals surface area contributed by atoms with Gasteiger partial charge in [-0.25, -0.2) is 0 Å². The number of benzene rings is 2. The molecule has 0 atom stereocenters. The van der Waals surface area contributed by atoms with Crippen molar-refractivity contribution in [3.8, 4) is 0 Å². The Labute approximate surface area is 162 Å². The van der Waals surface area contributed by atoms with E-state index in [9.17, 15) is 14.8 Å². The highest BCUT2D eigenvalue weighted by molar-refractivity contribution is 6.39. The molecule has 0 saturated heterocycles. The number of allylic oxidation sites excluding steroid dienone is 1. The highest BCUT2D eigenvalue weighted by atomic mass is 16.4.